The molecule has 0 saturated carbocycles. The number of hydrogen-bond donors (Lipinski definition) is 1. The maximum absolute atomic E-state index is 10.9. The lowest BCUT2D eigenvalue weighted by Gasteiger charge is -2.06. The highest BCUT2D eigenvalue weighted by atomic mass is 16.1. The van der Waals surface area contributed by atoms with E-state index in [1.54, 1.807) is 6.92 Å². The van der Waals surface area contributed by atoms with E-state index in [-0.39, 0.29) is 11.8 Å². The Morgan fingerprint density at radius 3 is 2.57 bits per heavy atom. The molecule has 0 aliphatic heterocycles. The average Bonchev–Trinajstić information content (AvgIpc) is 2.19. The molecule has 0 amide bonds. The summed E-state index contributed by atoms with van der Waals surface area (Å²) in [5.41, 5.74) is 6.94. The minimum absolute atomic E-state index is 0.0815. The fraction of sp³-hybridized carbons (Fsp3) is 0.417. The minimum atomic E-state index is -0.279. The van der Waals surface area contributed by atoms with Crippen molar-refractivity contribution in [2.24, 2.45) is 5.73 Å². The van der Waals surface area contributed by atoms with E-state index in [9.17, 15) is 4.79 Å². The van der Waals surface area contributed by atoms with E-state index in [0.29, 0.717) is 0 Å². The topological polar surface area (TPSA) is 43.1 Å². The van der Waals surface area contributed by atoms with Crippen molar-refractivity contribution in [1.29, 1.82) is 0 Å². The van der Waals surface area contributed by atoms with Crippen molar-refractivity contribution < 1.29 is 4.79 Å². The molecule has 0 aliphatic carbocycles. The van der Waals surface area contributed by atoms with E-state index < -0.39 is 0 Å². The summed E-state index contributed by atoms with van der Waals surface area (Å²) < 4.78 is 0. The molecule has 0 saturated heterocycles. The first-order valence-electron chi connectivity index (χ1n) is 5.00. The van der Waals surface area contributed by atoms with Crippen molar-refractivity contribution in [2.75, 3.05) is 0 Å². The van der Waals surface area contributed by atoms with Crippen molar-refractivity contribution >= 4 is 5.78 Å². The molecule has 1 unspecified atom stereocenters. The summed E-state index contributed by atoms with van der Waals surface area (Å²) in [7, 11) is 0. The third-order valence-corrected chi connectivity index (χ3v) is 2.35. The van der Waals surface area contributed by atoms with Gasteiger partial charge < -0.3 is 5.73 Å². The van der Waals surface area contributed by atoms with Crippen molar-refractivity contribution in [3.8, 4) is 0 Å². The fourth-order valence-electron chi connectivity index (χ4n) is 1.37. The monoisotopic (exact) mass is 191 g/mol. The van der Waals surface area contributed by atoms with Crippen LogP contribution in [-0.4, -0.2) is 11.8 Å². The van der Waals surface area contributed by atoms with Crippen molar-refractivity contribution in [3.63, 3.8) is 0 Å². The molecule has 1 rings (SSSR count). The highest BCUT2D eigenvalue weighted by molar-refractivity contribution is 5.81. The molecular formula is C12H17NO. The van der Waals surface area contributed by atoms with E-state index in [4.69, 9.17) is 5.73 Å². The van der Waals surface area contributed by atoms with Crippen molar-refractivity contribution in [1.82, 2.24) is 0 Å². The highest BCUT2D eigenvalue weighted by Crippen LogP contribution is 2.05. The SMILES string of the molecule is CC(=O)C(N)CCCc1ccccc1. The van der Waals surface area contributed by atoms with Crippen LogP contribution in [0.5, 0.6) is 0 Å². The van der Waals surface area contributed by atoms with Crippen LogP contribution in [0, 0.1) is 0 Å². The molecule has 1 atom stereocenters. The maximum Gasteiger partial charge on any atom is 0.146 e. The number of benzene rings is 1. The largest absolute Gasteiger partial charge is 0.322 e. The van der Waals surface area contributed by atoms with E-state index in [2.05, 4.69) is 12.1 Å². The van der Waals surface area contributed by atoms with Crippen LogP contribution in [0.4, 0.5) is 0 Å². The molecule has 14 heavy (non-hydrogen) atoms. The van der Waals surface area contributed by atoms with Crippen LogP contribution in [0.2, 0.25) is 0 Å². The molecular weight excluding hydrogens is 174 g/mol. The van der Waals surface area contributed by atoms with Crippen LogP contribution < -0.4 is 5.73 Å². The predicted molar refractivity (Wildman–Crippen MR) is 58.0 cm³/mol. The van der Waals surface area contributed by atoms with Gasteiger partial charge >= 0.3 is 0 Å². The first-order chi connectivity index (χ1) is 6.70. The number of Topliss-reactive ketones (excluding diaryl/α,β-unsaturated/α-hetero) is 1. The number of nitrogens with two attached hydrogens (primary N) is 1. The minimum Gasteiger partial charge on any atom is -0.322 e. The van der Waals surface area contributed by atoms with Crippen molar-refractivity contribution in [3.05, 3.63) is 35.9 Å². The lowest BCUT2D eigenvalue weighted by atomic mass is 10.0. The Morgan fingerprint density at radius 2 is 2.00 bits per heavy atom. The predicted octanol–water partition coefficient (Wildman–Crippen LogP) is 1.93. The molecule has 0 radical (unpaired) electrons. The van der Waals surface area contributed by atoms with Crippen LogP contribution in [0.1, 0.15) is 25.3 Å². The summed E-state index contributed by atoms with van der Waals surface area (Å²) in [5, 5.41) is 0. The standard InChI is InChI=1S/C12H17NO/c1-10(14)12(13)9-5-8-11-6-3-2-4-7-11/h2-4,6-7,12H,5,8-9,13H2,1H3. The number of hydrogen-bond acceptors (Lipinski definition) is 2. The number of carbonyl (C=O) groups excluding carboxylic acids is 1. The second-order valence-corrected chi connectivity index (χ2v) is 3.59. The summed E-state index contributed by atoms with van der Waals surface area (Å²) in [5.74, 6) is 0.0815. The summed E-state index contributed by atoms with van der Waals surface area (Å²) in [6.07, 6.45) is 2.76. The van der Waals surface area contributed by atoms with Crippen LogP contribution >= 0.6 is 0 Å². The Hall–Kier alpha value is -1.15. The Bertz CT molecular complexity index is 282. The maximum atomic E-state index is 10.9. The molecule has 1 aromatic carbocycles. The summed E-state index contributed by atoms with van der Waals surface area (Å²) >= 11 is 0. The van der Waals surface area contributed by atoms with Gasteiger partial charge in [-0.1, -0.05) is 30.3 Å². The molecule has 2 N–H and O–H groups in total. The Morgan fingerprint density at radius 1 is 1.36 bits per heavy atom. The second-order valence-electron chi connectivity index (χ2n) is 3.59. The molecule has 0 spiro atoms. The molecule has 1 aromatic rings. The second kappa shape index (κ2) is 5.55. The number of carbonyl (C=O) groups is 1. The third kappa shape index (κ3) is 3.71. The van der Waals surface area contributed by atoms with Gasteiger partial charge in [0, 0.05) is 0 Å². The number of rotatable bonds is 5. The van der Waals surface area contributed by atoms with E-state index >= 15 is 0 Å². The van der Waals surface area contributed by atoms with Gasteiger partial charge in [-0.15, -0.1) is 0 Å². The van der Waals surface area contributed by atoms with Gasteiger partial charge in [-0.25, -0.2) is 0 Å². The lowest BCUT2D eigenvalue weighted by molar-refractivity contribution is -0.118. The summed E-state index contributed by atoms with van der Waals surface area (Å²) in [6, 6.07) is 9.97. The van der Waals surface area contributed by atoms with E-state index in [1.807, 2.05) is 18.2 Å². The smallest absolute Gasteiger partial charge is 0.146 e. The molecule has 2 nitrogen and oxygen atoms in total. The quantitative estimate of drug-likeness (QED) is 0.772. The van der Waals surface area contributed by atoms with Gasteiger partial charge in [-0.05, 0) is 31.7 Å². The zero-order valence-electron chi connectivity index (χ0n) is 8.57. The van der Waals surface area contributed by atoms with E-state index in [1.165, 1.54) is 5.56 Å². The average molecular weight is 191 g/mol. The van der Waals surface area contributed by atoms with Crippen LogP contribution in [0.15, 0.2) is 30.3 Å². The van der Waals surface area contributed by atoms with Gasteiger partial charge in [0.15, 0.2) is 0 Å². The number of ketones is 1. The Labute approximate surface area is 85.1 Å². The molecule has 0 bridgehead atoms. The molecule has 0 fully saturated rings. The van der Waals surface area contributed by atoms with Crippen LogP contribution in [0.25, 0.3) is 0 Å². The summed E-state index contributed by atoms with van der Waals surface area (Å²) in [6.45, 7) is 1.55. The van der Waals surface area contributed by atoms with Gasteiger partial charge in [0.25, 0.3) is 0 Å². The zero-order chi connectivity index (χ0) is 10.4. The Balaban J connectivity index is 2.26. The van der Waals surface area contributed by atoms with Crippen LogP contribution in [-0.2, 0) is 11.2 Å². The van der Waals surface area contributed by atoms with Gasteiger partial charge in [0.05, 0.1) is 6.04 Å². The molecule has 0 aliphatic rings. The molecule has 0 heterocycles. The zero-order valence-corrected chi connectivity index (χ0v) is 8.57. The molecule has 76 valence electrons. The van der Waals surface area contributed by atoms with Crippen LogP contribution in [0.3, 0.4) is 0 Å². The summed E-state index contributed by atoms with van der Waals surface area (Å²) in [4.78, 5) is 10.9. The highest BCUT2D eigenvalue weighted by Gasteiger charge is 2.06. The number of aryl methyl sites for hydroxylation is 1. The van der Waals surface area contributed by atoms with Crippen molar-refractivity contribution in [2.45, 2.75) is 32.2 Å². The van der Waals surface area contributed by atoms with Gasteiger partial charge in [-0.3, -0.25) is 4.79 Å². The Kier molecular flexibility index (Phi) is 4.33. The fourth-order valence-corrected chi connectivity index (χ4v) is 1.37. The van der Waals surface area contributed by atoms with Gasteiger partial charge in [-0.2, -0.15) is 0 Å². The lowest BCUT2D eigenvalue weighted by Crippen LogP contribution is -2.28. The first kappa shape index (κ1) is 10.9. The van der Waals surface area contributed by atoms with Gasteiger partial charge in [0.1, 0.15) is 5.78 Å². The third-order valence-electron chi connectivity index (χ3n) is 2.35. The van der Waals surface area contributed by atoms with E-state index in [0.717, 1.165) is 19.3 Å². The van der Waals surface area contributed by atoms with Gasteiger partial charge in [0.2, 0.25) is 0 Å². The normalized spacial score (nSPS) is 12.4. The first-order valence-corrected chi connectivity index (χ1v) is 5.00. The molecule has 0 aromatic heterocycles. The molecule has 2 heteroatoms.